The molecule has 0 unspecified atom stereocenters. The van der Waals surface area contributed by atoms with E-state index in [9.17, 15) is 20.0 Å². The minimum absolute atomic E-state index is 0.0417. The number of aliphatic hydroxyl groups is 1. The number of aliphatic hydroxyl groups excluding tert-OH is 1. The number of rotatable bonds is 4. The SMILES string of the molecule is O=C(c1cc([N+](=O)[O-])cn1C1CC1)N1CCC[C@@H]1CO. The third-order valence-corrected chi connectivity index (χ3v) is 4.05. The Labute approximate surface area is 115 Å². The van der Waals surface area contributed by atoms with Crippen LogP contribution in [-0.4, -0.2) is 44.6 Å². The first-order valence-corrected chi connectivity index (χ1v) is 6.90. The minimum atomic E-state index is -0.469. The van der Waals surface area contributed by atoms with E-state index in [1.54, 1.807) is 9.47 Å². The molecule has 3 rings (SSSR count). The molecule has 7 heteroatoms. The molecule has 1 saturated carbocycles. The number of likely N-dealkylation sites (tertiary alicyclic amines) is 1. The summed E-state index contributed by atoms with van der Waals surface area (Å²) in [5.41, 5.74) is 0.333. The van der Waals surface area contributed by atoms with Crippen molar-refractivity contribution in [3.8, 4) is 0 Å². The largest absolute Gasteiger partial charge is 0.394 e. The van der Waals surface area contributed by atoms with E-state index in [1.165, 1.54) is 12.3 Å². The van der Waals surface area contributed by atoms with Gasteiger partial charge in [-0.05, 0) is 25.7 Å². The molecule has 2 aliphatic rings. The highest BCUT2D eigenvalue weighted by atomic mass is 16.6. The first kappa shape index (κ1) is 13.1. The molecule has 2 heterocycles. The molecule has 1 atom stereocenters. The number of hydrogen-bond donors (Lipinski definition) is 1. The highest BCUT2D eigenvalue weighted by molar-refractivity contribution is 5.94. The quantitative estimate of drug-likeness (QED) is 0.665. The standard InChI is InChI=1S/C13H17N3O4/c17-8-10-2-1-5-14(10)13(18)12-6-11(16(19)20)7-15(12)9-3-4-9/h6-7,9-10,17H,1-5,8H2/t10-/m1/s1. The van der Waals surface area contributed by atoms with Crippen LogP contribution < -0.4 is 0 Å². The predicted octanol–water partition coefficient (Wildman–Crippen LogP) is 1.33. The van der Waals surface area contributed by atoms with Crippen molar-refractivity contribution in [2.45, 2.75) is 37.8 Å². The molecule has 0 bridgehead atoms. The van der Waals surface area contributed by atoms with Crippen molar-refractivity contribution in [3.63, 3.8) is 0 Å². The summed E-state index contributed by atoms with van der Waals surface area (Å²) in [7, 11) is 0. The third kappa shape index (κ3) is 2.18. The van der Waals surface area contributed by atoms with E-state index in [4.69, 9.17) is 0 Å². The molecular formula is C13H17N3O4. The van der Waals surface area contributed by atoms with Crippen molar-refractivity contribution >= 4 is 11.6 Å². The molecule has 0 aromatic carbocycles. The van der Waals surface area contributed by atoms with Gasteiger partial charge in [0.1, 0.15) is 5.69 Å². The molecule has 1 aromatic rings. The fraction of sp³-hybridized carbons (Fsp3) is 0.615. The Morgan fingerprint density at radius 2 is 2.20 bits per heavy atom. The Kier molecular flexibility index (Phi) is 3.21. The maximum absolute atomic E-state index is 12.6. The normalized spacial score (nSPS) is 22.2. The Hall–Kier alpha value is -1.89. The lowest BCUT2D eigenvalue weighted by molar-refractivity contribution is -0.384. The second kappa shape index (κ2) is 4.90. The lowest BCUT2D eigenvalue weighted by Crippen LogP contribution is -2.38. The highest BCUT2D eigenvalue weighted by Crippen LogP contribution is 2.38. The molecule has 0 spiro atoms. The van der Waals surface area contributed by atoms with Crippen molar-refractivity contribution in [1.29, 1.82) is 0 Å². The van der Waals surface area contributed by atoms with Gasteiger partial charge >= 0.3 is 0 Å². The summed E-state index contributed by atoms with van der Waals surface area (Å²) >= 11 is 0. The molecule has 20 heavy (non-hydrogen) atoms. The Morgan fingerprint density at radius 3 is 2.80 bits per heavy atom. The first-order valence-electron chi connectivity index (χ1n) is 6.90. The van der Waals surface area contributed by atoms with Crippen LogP contribution in [0, 0.1) is 10.1 Å². The van der Waals surface area contributed by atoms with E-state index >= 15 is 0 Å². The van der Waals surface area contributed by atoms with Crippen LogP contribution in [0.25, 0.3) is 0 Å². The monoisotopic (exact) mass is 279 g/mol. The van der Waals surface area contributed by atoms with Crippen molar-refractivity contribution in [2.24, 2.45) is 0 Å². The van der Waals surface area contributed by atoms with Gasteiger partial charge in [0.2, 0.25) is 0 Å². The highest BCUT2D eigenvalue weighted by Gasteiger charge is 2.35. The van der Waals surface area contributed by atoms with Crippen molar-refractivity contribution < 1.29 is 14.8 Å². The van der Waals surface area contributed by atoms with Crippen LogP contribution in [-0.2, 0) is 0 Å². The second-order valence-electron chi connectivity index (χ2n) is 5.46. The second-order valence-corrected chi connectivity index (χ2v) is 5.46. The van der Waals surface area contributed by atoms with Crippen LogP contribution in [0.2, 0.25) is 0 Å². The maximum atomic E-state index is 12.6. The smallest absolute Gasteiger partial charge is 0.287 e. The topological polar surface area (TPSA) is 88.6 Å². The molecule has 1 aliphatic carbocycles. The van der Waals surface area contributed by atoms with E-state index in [1.807, 2.05) is 0 Å². The van der Waals surface area contributed by atoms with Gasteiger partial charge in [-0.25, -0.2) is 0 Å². The average molecular weight is 279 g/mol. The molecule has 0 radical (unpaired) electrons. The Morgan fingerprint density at radius 1 is 1.45 bits per heavy atom. The summed E-state index contributed by atoms with van der Waals surface area (Å²) in [6.07, 6.45) is 5.01. The van der Waals surface area contributed by atoms with Gasteiger partial charge in [0.05, 0.1) is 23.8 Å². The van der Waals surface area contributed by atoms with E-state index in [-0.39, 0.29) is 30.3 Å². The lowest BCUT2D eigenvalue weighted by atomic mass is 10.2. The van der Waals surface area contributed by atoms with Gasteiger partial charge < -0.3 is 14.6 Å². The van der Waals surface area contributed by atoms with Gasteiger partial charge in [-0.2, -0.15) is 0 Å². The zero-order chi connectivity index (χ0) is 14.3. The summed E-state index contributed by atoms with van der Waals surface area (Å²) in [5.74, 6) is -0.207. The number of nitro groups is 1. The summed E-state index contributed by atoms with van der Waals surface area (Å²) in [4.78, 5) is 24.6. The summed E-state index contributed by atoms with van der Waals surface area (Å²) < 4.78 is 1.73. The first-order chi connectivity index (χ1) is 9.61. The summed E-state index contributed by atoms with van der Waals surface area (Å²) in [6, 6.07) is 1.40. The molecule has 1 aliphatic heterocycles. The number of amides is 1. The third-order valence-electron chi connectivity index (χ3n) is 4.05. The number of carbonyl (C=O) groups excluding carboxylic acids is 1. The molecular weight excluding hydrogens is 262 g/mol. The summed E-state index contributed by atoms with van der Waals surface area (Å²) in [5, 5.41) is 20.2. The van der Waals surface area contributed by atoms with Crippen molar-refractivity contribution in [1.82, 2.24) is 9.47 Å². The molecule has 108 valence electrons. The fourth-order valence-electron chi connectivity index (χ4n) is 2.83. The van der Waals surface area contributed by atoms with Gasteiger partial charge in [-0.1, -0.05) is 0 Å². The van der Waals surface area contributed by atoms with Gasteiger partial charge in [0.25, 0.3) is 11.6 Å². The number of hydrogen-bond acceptors (Lipinski definition) is 4. The van der Waals surface area contributed by atoms with Gasteiger partial charge in [-0.3, -0.25) is 14.9 Å². The van der Waals surface area contributed by atoms with Crippen LogP contribution in [0.3, 0.4) is 0 Å². The Balaban J connectivity index is 1.92. The molecule has 2 fully saturated rings. The zero-order valence-corrected chi connectivity index (χ0v) is 11.1. The fourth-order valence-corrected chi connectivity index (χ4v) is 2.83. The molecule has 1 aromatic heterocycles. The molecule has 1 saturated heterocycles. The number of nitrogens with zero attached hydrogens (tertiary/aromatic N) is 3. The molecule has 1 amide bonds. The van der Waals surface area contributed by atoms with E-state index in [2.05, 4.69) is 0 Å². The van der Waals surface area contributed by atoms with Gasteiger partial charge in [-0.15, -0.1) is 0 Å². The van der Waals surface area contributed by atoms with E-state index in [0.29, 0.717) is 12.2 Å². The van der Waals surface area contributed by atoms with Crippen molar-refractivity contribution in [3.05, 3.63) is 28.1 Å². The zero-order valence-electron chi connectivity index (χ0n) is 11.1. The van der Waals surface area contributed by atoms with Crippen LogP contribution in [0.5, 0.6) is 0 Å². The predicted molar refractivity (Wildman–Crippen MR) is 70.5 cm³/mol. The van der Waals surface area contributed by atoms with Crippen LogP contribution in [0.1, 0.15) is 42.2 Å². The van der Waals surface area contributed by atoms with Crippen LogP contribution >= 0.6 is 0 Å². The number of carbonyl (C=O) groups is 1. The average Bonchev–Trinajstić information content (AvgIpc) is 3.02. The lowest BCUT2D eigenvalue weighted by Gasteiger charge is -2.23. The molecule has 7 nitrogen and oxygen atoms in total. The van der Waals surface area contributed by atoms with Gasteiger partial charge in [0, 0.05) is 18.7 Å². The number of aromatic nitrogens is 1. The molecule has 1 N–H and O–H groups in total. The van der Waals surface area contributed by atoms with E-state index < -0.39 is 4.92 Å². The Bertz CT molecular complexity index is 550. The van der Waals surface area contributed by atoms with Gasteiger partial charge in [0.15, 0.2) is 0 Å². The van der Waals surface area contributed by atoms with Crippen LogP contribution in [0.4, 0.5) is 5.69 Å². The summed E-state index contributed by atoms with van der Waals surface area (Å²) in [6.45, 7) is 0.547. The maximum Gasteiger partial charge on any atom is 0.287 e. The minimum Gasteiger partial charge on any atom is -0.394 e. The van der Waals surface area contributed by atoms with Crippen LogP contribution in [0.15, 0.2) is 12.3 Å². The van der Waals surface area contributed by atoms with E-state index in [0.717, 1.165) is 25.7 Å². The van der Waals surface area contributed by atoms with Crippen molar-refractivity contribution in [2.75, 3.05) is 13.2 Å².